The maximum atomic E-state index is 10.9. The van der Waals surface area contributed by atoms with Crippen molar-refractivity contribution in [2.24, 2.45) is 0 Å². The molecule has 3 rings (SSSR count). The number of hydrogen-bond acceptors (Lipinski definition) is 6. The third kappa shape index (κ3) is 4.82. The monoisotopic (exact) mass is 377 g/mol. The van der Waals surface area contributed by atoms with E-state index in [-0.39, 0.29) is 12.5 Å². The fourth-order valence-corrected chi connectivity index (χ4v) is 2.94. The van der Waals surface area contributed by atoms with Crippen LogP contribution in [0.5, 0.6) is 0 Å². The summed E-state index contributed by atoms with van der Waals surface area (Å²) in [6.07, 6.45) is 1.68. The second-order valence-corrected chi connectivity index (χ2v) is 6.78. The van der Waals surface area contributed by atoms with Gasteiger partial charge < -0.3 is 15.7 Å². The van der Waals surface area contributed by atoms with Crippen molar-refractivity contribution >= 4 is 23.4 Å². The van der Waals surface area contributed by atoms with Crippen LogP contribution < -0.4 is 10.6 Å². The normalized spacial score (nSPS) is 10.7. The SMILES string of the molecule is Cc1cc(Nc2cc(-c3ccccn3)nc(NCC(=O)O)n2)ccc1C(C)C. The number of carbonyl (C=O) groups is 1. The molecule has 0 atom stereocenters. The Hall–Kier alpha value is -3.48. The first-order valence-corrected chi connectivity index (χ1v) is 9.06. The molecule has 0 bridgehead atoms. The molecule has 28 heavy (non-hydrogen) atoms. The summed E-state index contributed by atoms with van der Waals surface area (Å²) in [5, 5.41) is 14.9. The van der Waals surface area contributed by atoms with Crippen molar-refractivity contribution in [1.29, 1.82) is 0 Å². The molecule has 1 aromatic carbocycles. The van der Waals surface area contributed by atoms with E-state index in [0.29, 0.717) is 23.1 Å². The molecule has 0 saturated carbocycles. The van der Waals surface area contributed by atoms with Crippen LogP contribution in [0, 0.1) is 6.92 Å². The van der Waals surface area contributed by atoms with Gasteiger partial charge in [0.15, 0.2) is 0 Å². The molecule has 2 aromatic heterocycles. The molecule has 144 valence electrons. The maximum Gasteiger partial charge on any atom is 0.322 e. The Labute approximate surface area is 163 Å². The van der Waals surface area contributed by atoms with Gasteiger partial charge in [-0.2, -0.15) is 4.98 Å². The number of aromatic nitrogens is 3. The van der Waals surface area contributed by atoms with Gasteiger partial charge >= 0.3 is 5.97 Å². The van der Waals surface area contributed by atoms with E-state index in [1.54, 1.807) is 12.3 Å². The largest absolute Gasteiger partial charge is 0.480 e. The average molecular weight is 377 g/mol. The minimum absolute atomic E-state index is 0.226. The lowest BCUT2D eigenvalue weighted by Gasteiger charge is -2.14. The summed E-state index contributed by atoms with van der Waals surface area (Å²) in [5.41, 5.74) is 4.67. The lowest BCUT2D eigenvalue weighted by Crippen LogP contribution is -2.15. The molecule has 0 unspecified atom stereocenters. The third-order valence-corrected chi connectivity index (χ3v) is 4.22. The van der Waals surface area contributed by atoms with E-state index in [9.17, 15) is 4.79 Å². The zero-order valence-electron chi connectivity index (χ0n) is 16.1. The fourth-order valence-electron chi connectivity index (χ4n) is 2.94. The van der Waals surface area contributed by atoms with Gasteiger partial charge in [0, 0.05) is 18.0 Å². The zero-order chi connectivity index (χ0) is 20.1. The zero-order valence-corrected chi connectivity index (χ0v) is 16.1. The smallest absolute Gasteiger partial charge is 0.322 e. The highest BCUT2D eigenvalue weighted by atomic mass is 16.4. The fraction of sp³-hybridized carbons (Fsp3) is 0.238. The van der Waals surface area contributed by atoms with Crippen LogP contribution >= 0.6 is 0 Å². The molecule has 0 spiro atoms. The summed E-state index contributed by atoms with van der Waals surface area (Å²) in [6, 6.07) is 13.5. The van der Waals surface area contributed by atoms with Crippen LogP contribution in [-0.4, -0.2) is 32.6 Å². The Kier molecular flexibility index (Phi) is 5.84. The van der Waals surface area contributed by atoms with Gasteiger partial charge in [-0.3, -0.25) is 9.78 Å². The number of hydrogen-bond donors (Lipinski definition) is 3. The highest BCUT2D eigenvalue weighted by Crippen LogP contribution is 2.26. The Morgan fingerprint density at radius 3 is 2.57 bits per heavy atom. The van der Waals surface area contributed by atoms with Crippen LogP contribution in [0.3, 0.4) is 0 Å². The van der Waals surface area contributed by atoms with E-state index in [1.165, 1.54) is 11.1 Å². The first-order chi connectivity index (χ1) is 13.4. The number of aryl methyl sites for hydroxylation is 1. The standard InChI is InChI=1S/C21H23N5O2/c1-13(2)16-8-7-15(10-14(16)3)24-19-11-18(17-6-4-5-9-22-17)25-21(26-19)23-12-20(27)28/h4-11,13H,12H2,1-3H3,(H,27,28)(H2,23,24,25,26). The topological polar surface area (TPSA) is 100 Å². The molecule has 0 aliphatic rings. The molecule has 0 aliphatic heterocycles. The molecule has 2 heterocycles. The van der Waals surface area contributed by atoms with Crippen molar-refractivity contribution in [3.63, 3.8) is 0 Å². The molecule has 0 amide bonds. The van der Waals surface area contributed by atoms with Gasteiger partial charge in [-0.1, -0.05) is 26.0 Å². The predicted molar refractivity (Wildman–Crippen MR) is 110 cm³/mol. The van der Waals surface area contributed by atoms with E-state index in [0.717, 1.165) is 5.69 Å². The van der Waals surface area contributed by atoms with Crippen molar-refractivity contribution in [3.8, 4) is 11.4 Å². The summed E-state index contributed by atoms with van der Waals surface area (Å²) < 4.78 is 0. The number of nitrogens with one attached hydrogen (secondary N) is 2. The highest BCUT2D eigenvalue weighted by Gasteiger charge is 2.10. The summed E-state index contributed by atoms with van der Waals surface area (Å²) in [6.45, 7) is 6.14. The van der Waals surface area contributed by atoms with Crippen LogP contribution in [0.1, 0.15) is 30.9 Å². The van der Waals surface area contributed by atoms with Crippen molar-refractivity contribution in [2.45, 2.75) is 26.7 Å². The number of carboxylic acid groups (broad SMARTS) is 1. The Balaban J connectivity index is 1.94. The predicted octanol–water partition coefficient (Wildman–Crippen LogP) is 4.21. The van der Waals surface area contributed by atoms with E-state index >= 15 is 0 Å². The third-order valence-electron chi connectivity index (χ3n) is 4.22. The minimum atomic E-state index is -0.985. The number of benzene rings is 1. The molecule has 0 radical (unpaired) electrons. The summed E-state index contributed by atoms with van der Waals surface area (Å²) in [5.74, 6) is 0.251. The van der Waals surface area contributed by atoms with E-state index < -0.39 is 5.97 Å². The molecule has 0 fully saturated rings. The van der Waals surface area contributed by atoms with Crippen LogP contribution in [0.4, 0.5) is 17.5 Å². The first-order valence-electron chi connectivity index (χ1n) is 9.06. The number of nitrogens with zero attached hydrogens (tertiary/aromatic N) is 3. The van der Waals surface area contributed by atoms with Crippen molar-refractivity contribution < 1.29 is 9.90 Å². The van der Waals surface area contributed by atoms with E-state index in [1.807, 2.05) is 24.3 Å². The molecule has 7 heteroatoms. The van der Waals surface area contributed by atoms with Crippen LogP contribution in [0.2, 0.25) is 0 Å². The highest BCUT2D eigenvalue weighted by molar-refractivity contribution is 5.72. The van der Waals surface area contributed by atoms with E-state index in [4.69, 9.17) is 5.11 Å². The molecule has 3 N–H and O–H groups in total. The molecular weight excluding hydrogens is 354 g/mol. The second kappa shape index (κ2) is 8.47. The van der Waals surface area contributed by atoms with Gasteiger partial charge in [0.2, 0.25) is 5.95 Å². The minimum Gasteiger partial charge on any atom is -0.480 e. The molecule has 0 saturated heterocycles. The average Bonchev–Trinajstić information content (AvgIpc) is 2.66. The van der Waals surface area contributed by atoms with Crippen molar-refractivity contribution in [1.82, 2.24) is 15.0 Å². The van der Waals surface area contributed by atoms with Crippen LogP contribution in [0.15, 0.2) is 48.7 Å². The quantitative estimate of drug-likeness (QED) is 0.567. The maximum absolute atomic E-state index is 10.9. The number of aliphatic carboxylic acids is 1. The van der Waals surface area contributed by atoms with Crippen molar-refractivity contribution in [2.75, 3.05) is 17.2 Å². The Morgan fingerprint density at radius 2 is 1.93 bits per heavy atom. The van der Waals surface area contributed by atoms with Crippen molar-refractivity contribution in [3.05, 3.63) is 59.8 Å². The lowest BCUT2D eigenvalue weighted by molar-refractivity contribution is -0.134. The summed E-state index contributed by atoms with van der Waals surface area (Å²) >= 11 is 0. The van der Waals surface area contributed by atoms with Gasteiger partial charge in [-0.25, -0.2) is 4.98 Å². The number of rotatable bonds is 7. The first kappa shape index (κ1) is 19.3. The Bertz CT molecular complexity index is 974. The van der Waals surface area contributed by atoms with Crippen LogP contribution in [0.25, 0.3) is 11.4 Å². The molecule has 7 nitrogen and oxygen atoms in total. The van der Waals surface area contributed by atoms with Gasteiger partial charge in [0.25, 0.3) is 0 Å². The summed E-state index contributed by atoms with van der Waals surface area (Å²) in [7, 11) is 0. The number of pyridine rings is 1. The molecule has 3 aromatic rings. The molecule has 0 aliphatic carbocycles. The number of anilines is 3. The van der Waals surface area contributed by atoms with Gasteiger partial charge in [0.05, 0.1) is 11.4 Å². The van der Waals surface area contributed by atoms with Gasteiger partial charge in [0.1, 0.15) is 12.4 Å². The number of carboxylic acids is 1. The molecular formula is C21H23N5O2. The van der Waals surface area contributed by atoms with E-state index in [2.05, 4.69) is 58.5 Å². The Morgan fingerprint density at radius 1 is 1.11 bits per heavy atom. The second-order valence-electron chi connectivity index (χ2n) is 6.78. The van der Waals surface area contributed by atoms with Gasteiger partial charge in [-0.15, -0.1) is 0 Å². The lowest BCUT2D eigenvalue weighted by atomic mass is 9.98. The van der Waals surface area contributed by atoms with Gasteiger partial charge in [-0.05, 0) is 48.2 Å². The van der Waals surface area contributed by atoms with Crippen LogP contribution in [-0.2, 0) is 4.79 Å². The summed E-state index contributed by atoms with van der Waals surface area (Å²) in [4.78, 5) is 24.0.